The zero-order valence-electron chi connectivity index (χ0n) is 12.9. The maximum absolute atomic E-state index is 12.6. The highest BCUT2D eigenvalue weighted by Gasteiger charge is 2.25. The topological polar surface area (TPSA) is 57.6 Å². The normalized spacial score (nSPS) is 19.9. The lowest BCUT2D eigenvalue weighted by molar-refractivity contribution is -0.138. The van der Waals surface area contributed by atoms with Crippen molar-refractivity contribution in [3.05, 3.63) is 35.4 Å². The molecule has 0 aliphatic carbocycles. The number of carbonyl (C=O) groups is 2. The van der Waals surface area contributed by atoms with Crippen molar-refractivity contribution < 1.29 is 14.7 Å². The SMILES string of the molecule is O=C(O)CC1CCN(C(=O)c2ccc(C3SCCS3)cc2)CC1. The van der Waals surface area contributed by atoms with Crippen LogP contribution < -0.4 is 0 Å². The number of hydrogen-bond donors (Lipinski definition) is 1. The van der Waals surface area contributed by atoms with Crippen LogP contribution in [0.2, 0.25) is 0 Å². The molecular formula is C17H21NO3S2. The summed E-state index contributed by atoms with van der Waals surface area (Å²) in [6.07, 6.45) is 1.78. The summed E-state index contributed by atoms with van der Waals surface area (Å²) in [5.41, 5.74) is 2.02. The van der Waals surface area contributed by atoms with Crippen LogP contribution >= 0.6 is 23.5 Å². The summed E-state index contributed by atoms with van der Waals surface area (Å²) in [5, 5.41) is 8.85. The monoisotopic (exact) mass is 351 g/mol. The highest BCUT2D eigenvalue weighted by molar-refractivity contribution is 8.19. The van der Waals surface area contributed by atoms with Crippen LogP contribution in [0.25, 0.3) is 0 Å². The van der Waals surface area contributed by atoms with Crippen LogP contribution in [0.3, 0.4) is 0 Å². The highest BCUT2D eigenvalue weighted by atomic mass is 32.2. The molecule has 0 saturated carbocycles. The summed E-state index contributed by atoms with van der Waals surface area (Å²) in [6, 6.07) is 8.00. The molecule has 2 heterocycles. The van der Waals surface area contributed by atoms with Gasteiger partial charge in [0.05, 0.1) is 4.58 Å². The van der Waals surface area contributed by atoms with Crippen molar-refractivity contribution >= 4 is 35.4 Å². The predicted molar refractivity (Wildman–Crippen MR) is 95.0 cm³/mol. The average molecular weight is 351 g/mol. The molecule has 0 unspecified atom stereocenters. The van der Waals surface area contributed by atoms with E-state index in [0.717, 1.165) is 18.4 Å². The molecule has 2 aliphatic heterocycles. The fourth-order valence-corrected chi connectivity index (χ4v) is 5.96. The fourth-order valence-electron chi connectivity index (χ4n) is 3.10. The number of piperidine rings is 1. The minimum atomic E-state index is -0.743. The summed E-state index contributed by atoms with van der Waals surface area (Å²) in [4.78, 5) is 25.2. The Balaban J connectivity index is 1.57. The number of amides is 1. The molecule has 124 valence electrons. The van der Waals surface area contributed by atoms with E-state index >= 15 is 0 Å². The molecule has 3 rings (SSSR count). The first kappa shape index (κ1) is 16.7. The molecule has 0 bridgehead atoms. The van der Waals surface area contributed by atoms with Crippen molar-refractivity contribution in [1.29, 1.82) is 0 Å². The number of carboxylic acids is 1. The maximum atomic E-state index is 12.6. The number of hydrogen-bond acceptors (Lipinski definition) is 4. The predicted octanol–water partition coefficient (Wildman–Crippen LogP) is 3.49. The van der Waals surface area contributed by atoms with E-state index in [1.807, 2.05) is 40.6 Å². The van der Waals surface area contributed by atoms with Crippen LogP contribution in [-0.4, -0.2) is 46.5 Å². The molecule has 0 atom stereocenters. The van der Waals surface area contributed by atoms with E-state index in [2.05, 4.69) is 12.1 Å². The lowest BCUT2D eigenvalue weighted by atomic mass is 9.93. The van der Waals surface area contributed by atoms with Gasteiger partial charge in [-0.3, -0.25) is 9.59 Å². The Morgan fingerprint density at radius 1 is 1.09 bits per heavy atom. The van der Waals surface area contributed by atoms with Crippen LogP contribution in [0.4, 0.5) is 0 Å². The summed E-state index contributed by atoms with van der Waals surface area (Å²) in [5.74, 6) is 1.92. The first-order chi connectivity index (χ1) is 11.1. The molecule has 2 fully saturated rings. The molecule has 2 aliphatic rings. The molecule has 4 nitrogen and oxygen atoms in total. The van der Waals surface area contributed by atoms with Crippen LogP contribution in [0.1, 0.15) is 39.8 Å². The largest absolute Gasteiger partial charge is 0.481 e. The van der Waals surface area contributed by atoms with Gasteiger partial charge >= 0.3 is 5.97 Å². The van der Waals surface area contributed by atoms with Crippen molar-refractivity contribution in [3.8, 4) is 0 Å². The second-order valence-electron chi connectivity index (χ2n) is 6.03. The Morgan fingerprint density at radius 2 is 1.70 bits per heavy atom. The lowest BCUT2D eigenvalue weighted by Gasteiger charge is -2.31. The Kier molecular flexibility index (Phi) is 5.54. The second kappa shape index (κ2) is 7.62. The fraction of sp³-hybridized carbons (Fsp3) is 0.529. The van der Waals surface area contributed by atoms with E-state index in [0.29, 0.717) is 17.7 Å². The number of aliphatic carboxylic acids is 1. The van der Waals surface area contributed by atoms with E-state index in [-0.39, 0.29) is 18.2 Å². The third kappa shape index (κ3) is 4.23. The van der Waals surface area contributed by atoms with Crippen molar-refractivity contribution in [2.45, 2.75) is 23.8 Å². The number of nitrogens with zero attached hydrogens (tertiary/aromatic N) is 1. The number of carboxylic acid groups (broad SMARTS) is 1. The van der Waals surface area contributed by atoms with Crippen LogP contribution in [-0.2, 0) is 4.79 Å². The maximum Gasteiger partial charge on any atom is 0.303 e. The van der Waals surface area contributed by atoms with Crippen molar-refractivity contribution in [1.82, 2.24) is 4.90 Å². The first-order valence-electron chi connectivity index (χ1n) is 7.98. The van der Waals surface area contributed by atoms with Gasteiger partial charge in [0.25, 0.3) is 5.91 Å². The van der Waals surface area contributed by atoms with E-state index in [1.165, 1.54) is 17.1 Å². The minimum Gasteiger partial charge on any atom is -0.481 e. The molecule has 1 N–H and O–H groups in total. The number of carbonyl (C=O) groups excluding carboxylic acids is 1. The quantitative estimate of drug-likeness (QED) is 0.900. The van der Waals surface area contributed by atoms with E-state index in [9.17, 15) is 9.59 Å². The number of likely N-dealkylation sites (tertiary alicyclic amines) is 1. The van der Waals surface area contributed by atoms with Crippen LogP contribution in [0, 0.1) is 5.92 Å². The van der Waals surface area contributed by atoms with Gasteiger partial charge < -0.3 is 10.0 Å². The summed E-state index contributed by atoms with van der Waals surface area (Å²) in [7, 11) is 0. The molecule has 0 radical (unpaired) electrons. The Morgan fingerprint density at radius 3 is 2.26 bits per heavy atom. The van der Waals surface area contributed by atoms with Gasteiger partial charge in [0, 0.05) is 36.6 Å². The van der Waals surface area contributed by atoms with Crippen LogP contribution in [0.5, 0.6) is 0 Å². The van der Waals surface area contributed by atoms with Gasteiger partial charge in [0.1, 0.15) is 0 Å². The van der Waals surface area contributed by atoms with Crippen molar-refractivity contribution in [2.24, 2.45) is 5.92 Å². The summed E-state index contributed by atoms with van der Waals surface area (Å²) < 4.78 is 0.505. The van der Waals surface area contributed by atoms with Gasteiger partial charge in [-0.1, -0.05) is 12.1 Å². The lowest BCUT2D eigenvalue weighted by Crippen LogP contribution is -2.38. The molecule has 1 amide bonds. The molecule has 0 spiro atoms. The molecule has 23 heavy (non-hydrogen) atoms. The molecule has 1 aromatic carbocycles. The zero-order chi connectivity index (χ0) is 16.2. The number of thioether (sulfide) groups is 2. The minimum absolute atomic E-state index is 0.0667. The molecule has 2 saturated heterocycles. The Bertz CT molecular complexity index is 562. The number of benzene rings is 1. The van der Waals surface area contributed by atoms with Gasteiger partial charge in [-0.05, 0) is 36.5 Å². The highest BCUT2D eigenvalue weighted by Crippen LogP contribution is 2.45. The van der Waals surface area contributed by atoms with E-state index in [1.54, 1.807) is 0 Å². The van der Waals surface area contributed by atoms with Crippen molar-refractivity contribution in [2.75, 3.05) is 24.6 Å². The van der Waals surface area contributed by atoms with Gasteiger partial charge in [-0.2, -0.15) is 0 Å². The Labute approximate surface area is 145 Å². The van der Waals surface area contributed by atoms with Crippen LogP contribution in [0.15, 0.2) is 24.3 Å². The summed E-state index contributed by atoms with van der Waals surface area (Å²) >= 11 is 3.92. The third-order valence-corrected chi connectivity index (χ3v) is 7.52. The standard InChI is InChI=1S/C17H21NO3S2/c19-15(20)11-12-5-7-18(8-6-12)16(21)13-1-3-14(4-2-13)17-22-9-10-23-17/h1-4,12,17H,5-11H2,(H,19,20). The zero-order valence-corrected chi connectivity index (χ0v) is 14.6. The average Bonchev–Trinajstić information content (AvgIpc) is 3.09. The molecular weight excluding hydrogens is 330 g/mol. The van der Waals surface area contributed by atoms with Crippen molar-refractivity contribution in [3.63, 3.8) is 0 Å². The van der Waals surface area contributed by atoms with Gasteiger partial charge in [-0.15, -0.1) is 23.5 Å². The molecule has 1 aromatic rings. The van der Waals surface area contributed by atoms with Gasteiger partial charge in [0.15, 0.2) is 0 Å². The summed E-state index contributed by atoms with van der Waals surface area (Å²) in [6.45, 7) is 1.32. The Hall–Kier alpha value is -1.14. The van der Waals surface area contributed by atoms with Gasteiger partial charge in [-0.25, -0.2) is 0 Å². The third-order valence-electron chi connectivity index (χ3n) is 4.42. The van der Waals surface area contributed by atoms with Gasteiger partial charge in [0.2, 0.25) is 0 Å². The van der Waals surface area contributed by atoms with E-state index < -0.39 is 5.97 Å². The first-order valence-corrected chi connectivity index (χ1v) is 10.1. The van der Waals surface area contributed by atoms with E-state index in [4.69, 9.17) is 5.11 Å². The smallest absolute Gasteiger partial charge is 0.303 e. The molecule has 6 heteroatoms. The second-order valence-corrected chi connectivity index (χ2v) is 8.75. The molecule has 0 aromatic heterocycles. The number of rotatable bonds is 4.